The van der Waals surface area contributed by atoms with Crippen molar-refractivity contribution in [1.82, 2.24) is 4.98 Å². The summed E-state index contributed by atoms with van der Waals surface area (Å²) in [4.78, 5) is 3.07. The minimum absolute atomic E-state index is 0.186. The second-order valence-corrected chi connectivity index (χ2v) is 4.56. The van der Waals surface area contributed by atoms with Crippen molar-refractivity contribution in [3.05, 3.63) is 35.8 Å². The first kappa shape index (κ1) is 13.1. The van der Waals surface area contributed by atoms with Gasteiger partial charge in [-0.15, -0.1) is 0 Å². The summed E-state index contributed by atoms with van der Waals surface area (Å²) >= 11 is 0. The van der Waals surface area contributed by atoms with Crippen LogP contribution in [0, 0.1) is 5.82 Å². The highest BCUT2D eigenvalue weighted by atomic mass is 19.1. The van der Waals surface area contributed by atoms with Gasteiger partial charge in [0.05, 0.1) is 0 Å². The molecular formula is C13H17BFNO2. The van der Waals surface area contributed by atoms with Crippen LogP contribution < -0.4 is 0 Å². The van der Waals surface area contributed by atoms with Crippen LogP contribution in [0.15, 0.2) is 24.4 Å². The SMILES string of the molecule is OB(O)CCCCCc1c[nH]c2cccc(F)c12. The van der Waals surface area contributed by atoms with Crippen molar-refractivity contribution in [2.75, 3.05) is 0 Å². The molecule has 0 atom stereocenters. The van der Waals surface area contributed by atoms with E-state index in [1.807, 2.05) is 12.3 Å². The smallest absolute Gasteiger partial charge is 0.427 e. The lowest BCUT2D eigenvalue weighted by Gasteiger charge is -2.01. The summed E-state index contributed by atoms with van der Waals surface area (Å²) in [6.07, 6.45) is 5.69. The number of hydrogen-bond acceptors (Lipinski definition) is 2. The van der Waals surface area contributed by atoms with Gasteiger partial charge in [-0.1, -0.05) is 18.9 Å². The van der Waals surface area contributed by atoms with E-state index in [1.54, 1.807) is 6.07 Å². The van der Waals surface area contributed by atoms with Gasteiger partial charge < -0.3 is 15.0 Å². The molecule has 96 valence electrons. The number of aromatic nitrogens is 1. The lowest BCUT2D eigenvalue weighted by Crippen LogP contribution is -2.09. The first-order valence-electron chi connectivity index (χ1n) is 6.29. The zero-order valence-corrected chi connectivity index (χ0v) is 10.2. The van der Waals surface area contributed by atoms with Crippen molar-refractivity contribution >= 4 is 18.0 Å². The van der Waals surface area contributed by atoms with Crippen LogP contribution in [0.1, 0.15) is 24.8 Å². The Kier molecular flexibility index (Phi) is 4.39. The monoisotopic (exact) mass is 249 g/mol. The minimum atomic E-state index is -1.21. The largest absolute Gasteiger partial charge is 0.451 e. The summed E-state index contributed by atoms with van der Waals surface area (Å²) in [5.41, 5.74) is 1.82. The Labute approximate surface area is 106 Å². The number of rotatable bonds is 6. The molecule has 3 N–H and O–H groups in total. The second kappa shape index (κ2) is 6.02. The number of hydrogen-bond donors (Lipinski definition) is 3. The van der Waals surface area contributed by atoms with Crippen molar-refractivity contribution < 1.29 is 14.4 Å². The van der Waals surface area contributed by atoms with Crippen LogP contribution in [-0.4, -0.2) is 22.2 Å². The molecule has 2 rings (SSSR count). The van der Waals surface area contributed by atoms with Crippen LogP contribution in [0.5, 0.6) is 0 Å². The van der Waals surface area contributed by atoms with Gasteiger partial charge in [0.25, 0.3) is 0 Å². The lowest BCUT2D eigenvalue weighted by molar-refractivity contribution is 0.401. The quantitative estimate of drug-likeness (QED) is 0.544. The minimum Gasteiger partial charge on any atom is -0.427 e. The highest BCUT2D eigenvalue weighted by Crippen LogP contribution is 2.23. The molecule has 0 aliphatic carbocycles. The predicted octanol–water partition coefficient (Wildman–Crippen LogP) is 2.49. The third-order valence-electron chi connectivity index (χ3n) is 3.15. The third-order valence-corrected chi connectivity index (χ3v) is 3.15. The first-order valence-corrected chi connectivity index (χ1v) is 6.29. The summed E-state index contributed by atoms with van der Waals surface area (Å²) in [6, 6.07) is 5.03. The molecule has 0 saturated carbocycles. The van der Waals surface area contributed by atoms with Gasteiger partial charge >= 0.3 is 7.12 Å². The van der Waals surface area contributed by atoms with Gasteiger partial charge in [0.1, 0.15) is 5.82 Å². The van der Waals surface area contributed by atoms with Crippen molar-refractivity contribution in [3.63, 3.8) is 0 Å². The molecule has 0 aliphatic heterocycles. The van der Waals surface area contributed by atoms with Crippen molar-refractivity contribution in [3.8, 4) is 0 Å². The topological polar surface area (TPSA) is 56.2 Å². The summed E-state index contributed by atoms with van der Waals surface area (Å²) in [7, 11) is -1.21. The van der Waals surface area contributed by atoms with Crippen LogP contribution in [0.2, 0.25) is 6.32 Å². The fourth-order valence-corrected chi connectivity index (χ4v) is 2.22. The van der Waals surface area contributed by atoms with Gasteiger partial charge in [-0.3, -0.25) is 0 Å². The molecule has 0 spiro atoms. The van der Waals surface area contributed by atoms with Gasteiger partial charge in [-0.25, -0.2) is 4.39 Å². The van der Waals surface area contributed by atoms with Crippen molar-refractivity contribution in [1.29, 1.82) is 0 Å². The Morgan fingerprint density at radius 2 is 2.00 bits per heavy atom. The van der Waals surface area contributed by atoms with Gasteiger partial charge in [-0.2, -0.15) is 0 Å². The standard InChI is InChI=1S/C13H17BFNO2/c15-11-6-4-7-12-13(11)10(9-16-12)5-2-1-3-8-14(17)18/h4,6-7,9,16-18H,1-3,5,8H2. The van der Waals surface area contributed by atoms with Crippen molar-refractivity contribution in [2.45, 2.75) is 32.0 Å². The Morgan fingerprint density at radius 3 is 2.78 bits per heavy atom. The molecule has 0 radical (unpaired) electrons. The number of benzene rings is 1. The maximum Gasteiger partial charge on any atom is 0.451 e. The molecule has 2 aromatic rings. The van der Waals surface area contributed by atoms with E-state index < -0.39 is 7.12 Å². The highest BCUT2D eigenvalue weighted by molar-refractivity contribution is 6.40. The third kappa shape index (κ3) is 3.12. The first-order chi connectivity index (χ1) is 8.68. The van der Waals surface area contributed by atoms with Crippen LogP contribution in [-0.2, 0) is 6.42 Å². The number of halogens is 1. The van der Waals surface area contributed by atoms with Crippen molar-refractivity contribution in [2.24, 2.45) is 0 Å². The molecule has 1 aromatic carbocycles. The van der Waals surface area contributed by atoms with Gasteiger partial charge in [0, 0.05) is 17.1 Å². The molecule has 0 saturated heterocycles. The number of fused-ring (bicyclic) bond motifs is 1. The molecule has 0 fully saturated rings. The number of H-pyrrole nitrogens is 1. The van der Waals surface area contributed by atoms with E-state index in [-0.39, 0.29) is 5.82 Å². The van der Waals surface area contributed by atoms with E-state index in [4.69, 9.17) is 10.0 Å². The number of aromatic amines is 1. The maximum atomic E-state index is 13.7. The number of unbranched alkanes of at least 4 members (excludes halogenated alkanes) is 2. The molecule has 0 bridgehead atoms. The molecule has 1 heterocycles. The average Bonchev–Trinajstić information content (AvgIpc) is 2.73. The molecule has 5 heteroatoms. The van der Waals surface area contributed by atoms with Crippen LogP contribution >= 0.6 is 0 Å². The van der Waals surface area contributed by atoms with E-state index in [1.165, 1.54) is 6.07 Å². The maximum absolute atomic E-state index is 13.7. The Bertz CT molecular complexity index is 513. The lowest BCUT2D eigenvalue weighted by atomic mass is 9.83. The molecule has 1 aromatic heterocycles. The summed E-state index contributed by atoms with van der Waals surface area (Å²) in [5, 5.41) is 18.1. The Balaban J connectivity index is 1.92. The highest BCUT2D eigenvalue weighted by Gasteiger charge is 2.09. The van der Waals surface area contributed by atoms with E-state index in [0.717, 1.165) is 36.8 Å². The van der Waals surface area contributed by atoms with E-state index in [2.05, 4.69) is 4.98 Å². The summed E-state index contributed by atoms with van der Waals surface area (Å²) < 4.78 is 13.7. The van der Waals surface area contributed by atoms with Crippen LogP contribution in [0.25, 0.3) is 10.9 Å². The zero-order valence-electron chi connectivity index (χ0n) is 10.2. The number of aryl methyl sites for hydroxylation is 1. The van der Waals surface area contributed by atoms with E-state index in [9.17, 15) is 4.39 Å². The van der Waals surface area contributed by atoms with Gasteiger partial charge in [0.2, 0.25) is 0 Å². The van der Waals surface area contributed by atoms with Crippen LogP contribution in [0.4, 0.5) is 4.39 Å². The molecule has 0 unspecified atom stereocenters. The van der Waals surface area contributed by atoms with E-state index >= 15 is 0 Å². The van der Waals surface area contributed by atoms with Gasteiger partial charge in [0.15, 0.2) is 0 Å². The summed E-state index contributed by atoms with van der Waals surface area (Å²) in [6.45, 7) is 0. The molecule has 0 amide bonds. The average molecular weight is 249 g/mol. The molecular weight excluding hydrogens is 232 g/mol. The zero-order chi connectivity index (χ0) is 13.0. The number of nitrogens with one attached hydrogen (secondary N) is 1. The predicted molar refractivity (Wildman–Crippen MR) is 70.8 cm³/mol. The fraction of sp³-hybridized carbons (Fsp3) is 0.385. The Hall–Kier alpha value is -1.33. The van der Waals surface area contributed by atoms with Gasteiger partial charge in [-0.05, 0) is 36.9 Å². The molecule has 18 heavy (non-hydrogen) atoms. The second-order valence-electron chi connectivity index (χ2n) is 4.56. The Morgan fingerprint density at radius 1 is 1.17 bits per heavy atom. The normalized spacial score (nSPS) is 11.1. The summed E-state index contributed by atoms with van der Waals surface area (Å²) in [5.74, 6) is -0.186. The fourth-order valence-electron chi connectivity index (χ4n) is 2.22. The van der Waals surface area contributed by atoms with Crippen LogP contribution in [0.3, 0.4) is 0 Å². The van der Waals surface area contributed by atoms with E-state index in [0.29, 0.717) is 11.7 Å². The molecule has 0 aliphatic rings. The molecule has 3 nitrogen and oxygen atoms in total.